The summed E-state index contributed by atoms with van der Waals surface area (Å²) < 4.78 is 41.6. The Morgan fingerprint density at radius 1 is 1.03 bits per heavy atom. The summed E-state index contributed by atoms with van der Waals surface area (Å²) >= 11 is 18.5. The van der Waals surface area contributed by atoms with Gasteiger partial charge in [-0.1, -0.05) is 46.9 Å². The van der Waals surface area contributed by atoms with Crippen molar-refractivity contribution in [1.29, 1.82) is 0 Å². The minimum Gasteiger partial charge on any atom is -0.256 e. The molecule has 1 N–H and O–H groups in total. The number of benzene rings is 3. The molecule has 0 saturated carbocycles. The van der Waals surface area contributed by atoms with E-state index in [0.29, 0.717) is 38.5 Å². The molecular formula is C23H19Cl3FN3O2S. The number of nitrogens with zero attached hydrogens (tertiary/aromatic N) is 2. The Balaban J connectivity index is 1.62. The molecule has 0 bridgehead atoms. The molecule has 10 heteroatoms. The Labute approximate surface area is 206 Å². The summed E-state index contributed by atoms with van der Waals surface area (Å²) in [4.78, 5) is 0.0225. The van der Waals surface area contributed by atoms with Gasteiger partial charge in [-0.05, 0) is 66.6 Å². The summed E-state index contributed by atoms with van der Waals surface area (Å²) in [5.74, 6) is -0.493. The number of hydrazone groups is 1. The minimum absolute atomic E-state index is 0.00898. The molecule has 172 valence electrons. The highest BCUT2D eigenvalue weighted by Crippen LogP contribution is 2.39. The first-order valence-corrected chi connectivity index (χ1v) is 12.6. The fourth-order valence-corrected chi connectivity index (χ4v) is 5.55. The molecule has 1 atom stereocenters. The van der Waals surface area contributed by atoms with Crippen molar-refractivity contribution < 1.29 is 12.8 Å². The Hall–Kier alpha value is -2.16. The van der Waals surface area contributed by atoms with Gasteiger partial charge >= 0.3 is 0 Å². The van der Waals surface area contributed by atoms with Crippen molar-refractivity contribution in [3.8, 4) is 0 Å². The van der Waals surface area contributed by atoms with Gasteiger partial charge in [-0.3, -0.25) is 5.01 Å². The molecule has 0 spiro atoms. The number of anilines is 1. The fraction of sp³-hybridized carbons (Fsp3) is 0.174. The third-order valence-corrected chi connectivity index (χ3v) is 7.63. The van der Waals surface area contributed by atoms with Crippen molar-refractivity contribution in [2.24, 2.45) is 5.10 Å². The van der Waals surface area contributed by atoms with Crippen LogP contribution >= 0.6 is 34.8 Å². The van der Waals surface area contributed by atoms with Crippen molar-refractivity contribution >= 4 is 56.2 Å². The van der Waals surface area contributed by atoms with Gasteiger partial charge in [0.1, 0.15) is 5.82 Å². The standard InChI is InChI=1S/C23H19Cl3FN3O2S/c1-14-10-18(27)7-9-23(14)33(31,32)28-13-19-12-22(15-2-4-16(24)5-3-15)30(29-19)21-8-6-17(25)11-20(21)26/h2-11,22,28H,12-13H2,1H3/t22-/m1/s1. The lowest BCUT2D eigenvalue weighted by Gasteiger charge is -2.25. The third-order valence-electron chi connectivity index (χ3n) is 5.28. The molecular weight excluding hydrogens is 508 g/mol. The van der Waals surface area contributed by atoms with E-state index in [0.717, 1.165) is 11.6 Å². The van der Waals surface area contributed by atoms with E-state index in [9.17, 15) is 12.8 Å². The SMILES string of the molecule is Cc1cc(F)ccc1S(=O)(=O)NCC1=NN(c2ccc(Cl)cc2Cl)[C@@H](c2ccc(Cl)cc2)C1. The topological polar surface area (TPSA) is 61.8 Å². The maximum Gasteiger partial charge on any atom is 0.241 e. The zero-order chi connectivity index (χ0) is 23.8. The number of hydrogen-bond donors (Lipinski definition) is 1. The van der Waals surface area contributed by atoms with Crippen LogP contribution in [0.3, 0.4) is 0 Å². The molecule has 0 unspecified atom stereocenters. The highest BCUT2D eigenvalue weighted by atomic mass is 35.5. The van der Waals surface area contributed by atoms with Crippen LogP contribution in [0.15, 0.2) is 70.7 Å². The number of halogens is 4. The number of aryl methyl sites for hydroxylation is 1. The van der Waals surface area contributed by atoms with Crippen LogP contribution in [-0.2, 0) is 10.0 Å². The van der Waals surface area contributed by atoms with Gasteiger partial charge in [0.05, 0.1) is 33.9 Å². The van der Waals surface area contributed by atoms with Crippen LogP contribution in [0.4, 0.5) is 10.1 Å². The average molecular weight is 527 g/mol. The lowest BCUT2D eigenvalue weighted by atomic mass is 10.0. The van der Waals surface area contributed by atoms with E-state index in [-0.39, 0.29) is 17.5 Å². The summed E-state index contributed by atoms with van der Waals surface area (Å²) in [6, 6.07) is 15.8. The first-order chi connectivity index (χ1) is 15.6. The van der Waals surface area contributed by atoms with Crippen molar-refractivity contribution in [2.75, 3.05) is 11.6 Å². The van der Waals surface area contributed by atoms with Crippen LogP contribution in [0.2, 0.25) is 15.1 Å². The molecule has 3 aromatic rings. The summed E-state index contributed by atoms with van der Waals surface area (Å²) in [5, 5.41) is 7.95. The predicted molar refractivity (Wildman–Crippen MR) is 132 cm³/mol. The fourth-order valence-electron chi connectivity index (χ4n) is 3.68. The van der Waals surface area contributed by atoms with E-state index in [4.69, 9.17) is 34.8 Å². The smallest absolute Gasteiger partial charge is 0.241 e. The van der Waals surface area contributed by atoms with Gasteiger partial charge in [-0.25, -0.2) is 17.5 Å². The molecule has 4 rings (SSSR count). The molecule has 0 aliphatic carbocycles. The van der Waals surface area contributed by atoms with E-state index in [1.165, 1.54) is 12.1 Å². The van der Waals surface area contributed by atoms with Crippen LogP contribution in [0.5, 0.6) is 0 Å². The molecule has 5 nitrogen and oxygen atoms in total. The molecule has 0 amide bonds. The molecule has 33 heavy (non-hydrogen) atoms. The molecule has 1 heterocycles. The Morgan fingerprint density at radius 3 is 2.39 bits per heavy atom. The van der Waals surface area contributed by atoms with E-state index in [1.807, 2.05) is 12.1 Å². The van der Waals surface area contributed by atoms with E-state index < -0.39 is 15.8 Å². The van der Waals surface area contributed by atoms with E-state index in [1.54, 1.807) is 42.3 Å². The van der Waals surface area contributed by atoms with Gasteiger partial charge in [-0.2, -0.15) is 5.10 Å². The zero-order valence-corrected chi connectivity index (χ0v) is 20.5. The van der Waals surface area contributed by atoms with Crippen LogP contribution < -0.4 is 9.73 Å². The number of sulfonamides is 1. The quantitative estimate of drug-likeness (QED) is 0.405. The maximum absolute atomic E-state index is 13.4. The Morgan fingerprint density at radius 2 is 1.73 bits per heavy atom. The van der Waals surface area contributed by atoms with Gasteiger partial charge in [0, 0.05) is 16.5 Å². The van der Waals surface area contributed by atoms with Crippen molar-refractivity contribution in [2.45, 2.75) is 24.3 Å². The number of hydrogen-bond acceptors (Lipinski definition) is 4. The summed E-state index contributed by atoms with van der Waals surface area (Å²) in [6.07, 6.45) is 0.464. The second-order valence-corrected chi connectivity index (χ2v) is 10.6. The summed E-state index contributed by atoms with van der Waals surface area (Å²) in [5.41, 5.74) is 2.53. The van der Waals surface area contributed by atoms with Crippen molar-refractivity contribution in [3.05, 3.63) is 92.7 Å². The van der Waals surface area contributed by atoms with E-state index in [2.05, 4.69) is 9.82 Å². The molecule has 0 saturated heterocycles. The number of rotatable bonds is 6. The molecule has 3 aromatic carbocycles. The highest BCUT2D eigenvalue weighted by Gasteiger charge is 2.31. The molecule has 1 aliphatic rings. The largest absolute Gasteiger partial charge is 0.256 e. The number of nitrogens with one attached hydrogen (secondary N) is 1. The lowest BCUT2D eigenvalue weighted by molar-refractivity contribution is 0.584. The molecule has 0 aromatic heterocycles. The molecule has 0 fully saturated rings. The normalized spacial score (nSPS) is 16.2. The summed E-state index contributed by atoms with van der Waals surface area (Å²) in [6.45, 7) is 1.54. The lowest BCUT2D eigenvalue weighted by Crippen LogP contribution is -2.29. The van der Waals surface area contributed by atoms with Gasteiger partial charge in [0.2, 0.25) is 10.0 Å². The van der Waals surface area contributed by atoms with Gasteiger partial charge < -0.3 is 0 Å². The highest BCUT2D eigenvalue weighted by molar-refractivity contribution is 7.89. The van der Waals surface area contributed by atoms with Gasteiger partial charge in [0.15, 0.2) is 0 Å². The predicted octanol–water partition coefficient (Wildman–Crippen LogP) is 6.38. The molecule has 1 aliphatic heterocycles. The van der Waals surface area contributed by atoms with Crippen molar-refractivity contribution in [3.63, 3.8) is 0 Å². The monoisotopic (exact) mass is 525 g/mol. The van der Waals surface area contributed by atoms with Crippen LogP contribution in [0.1, 0.15) is 23.6 Å². The average Bonchev–Trinajstić information content (AvgIpc) is 3.16. The van der Waals surface area contributed by atoms with Gasteiger partial charge in [0.25, 0.3) is 0 Å². The van der Waals surface area contributed by atoms with E-state index >= 15 is 0 Å². The Kier molecular flexibility index (Phi) is 6.98. The first-order valence-electron chi connectivity index (χ1n) is 9.96. The van der Waals surface area contributed by atoms with Crippen molar-refractivity contribution in [1.82, 2.24) is 4.72 Å². The maximum atomic E-state index is 13.4. The van der Waals surface area contributed by atoms with Crippen LogP contribution in [0.25, 0.3) is 0 Å². The van der Waals surface area contributed by atoms with Crippen LogP contribution in [-0.4, -0.2) is 20.7 Å². The van der Waals surface area contributed by atoms with Gasteiger partial charge in [-0.15, -0.1) is 0 Å². The zero-order valence-electron chi connectivity index (χ0n) is 17.4. The van der Waals surface area contributed by atoms with Crippen LogP contribution in [0, 0.1) is 12.7 Å². The molecule has 0 radical (unpaired) electrons. The first kappa shape index (κ1) is 24.0. The third kappa shape index (κ3) is 5.34. The second kappa shape index (κ2) is 9.60. The Bertz CT molecular complexity index is 1330. The summed E-state index contributed by atoms with van der Waals surface area (Å²) in [7, 11) is -3.86. The second-order valence-electron chi connectivity index (χ2n) is 7.61. The minimum atomic E-state index is -3.86.